The second-order valence-electron chi connectivity index (χ2n) is 8.12. The molecule has 0 aliphatic rings. The number of sulfonamides is 1. The molecule has 2 rings (SSSR count). The van der Waals surface area contributed by atoms with E-state index in [-0.39, 0.29) is 24.2 Å². The molecule has 0 spiro atoms. The summed E-state index contributed by atoms with van der Waals surface area (Å²) >= 11 is 6.05. The van der Waals surface area contributed by atoms with Crippen LogP contribution in [-0.4, -0.2) is 57.1 Å². The van der Waals surface area contributed by atoms with Gasteiger partial charge in [-0.1, -0.05) is 36.7 Å². The molecule has 186 valence electrons. The lowest BCUT2D eigenvalue weighted by Gasteiger charge is -2.32. The van der Waals surface area contributed by atoms with Gasteiger partial charge in [0.25, 0.3) is 0 Å². The monoisotopic (exact) mass is 509 g/mol. The maximum Gasteiger partial charge on any atom is 0.244 e. The highest BCUT2D eigenvalue weighted by molar-refractivity contribution is 7.92. The number of nitrogens with one attached hydrogen (secondary N) is 1. The number of halogens is 1. The van der Waals surface area contributed by atoms with Crippen LogP contribution in [0.2, 0.25) is 5.02 Å². The molecule has 0 aliphatic heterocycles. The number of hydrogen-bond donors (Lipinski definition) is 1. The van der Waals surface area contributed by atoms with Gasteiger partial charge in [-0.15, -0.1) is 0 Å². The minimum atomic E-state index is -3.81. The highest BCUT2D eigenvalue weighted by atomic mass is 35.5. The first-order valence-corrected chi connectivity index (χ1v) is 13.1. The molecule has 0 aromatic heterocycles. The number of anilines is 1. The summed E-state index contributed by atoms with van der Waals surface area (Å²) in [4.78, 5) is 27.8. The van der Waals surface area contributed by atoms with E-state index in [0.29, 0.717) is 10.8 Å². The van der Waals surface area contributed by atoms with Gasteiger partial charge in [-0.2, -0.15) is 0 Å². The summed E-state index contributed by atoms with van der Waals surface area (Å²) in [5.74, 6) is -0.238. The van der Waals surface area contributed by atoms with E-state index < -0.39 is 28.5 Å². The van der Waals surface area contributed by atoms with Crippen LogP contribution in [0.3, 0.4) is 0 Å². The second kappa shape index (κ2) is 12.1. The smallest absolute Gasteiger partial charge is 0.244 e. The normalized spacial score (nSPS) is 13.0. The number of ether oxygens (including phenoxy) is 1. The molecule has 34 heavy (non-hydrogen) atoms. The van der Waals surface area contributed by atoms with E-state index in [1.54, 1.807) is 50.4 Å². The van der Waals surface area contributed by atoms with Gasteiger partial charge in [0.05, 0.1) is 19.1 Å². The van der Waals surface area contributed by atoms with Crippen LogP contribution < -0.4 is 14.4 Å². The molecule has 1 N–H and O–H groups in total. The van der Waals surface area contributed by atoms with Gasteiger partial charge in [-0.05, 0) is 56.2 Å². The average Bonchev–Trinajstić information content (AvgIpc) is 2.79. The third-order valence-electron chi connectivity index (χ3n) is 5.43. The van der Waals surface area contributed by atoms with E-state index in [2.05, 4.69) is 5.32 Å². The number of carbonyl (C=O) groups is 2. The minimum absolute atomic E-state index is 0.0669. The van der Waals surface area contributed by atoms with Crippen molar-refractivity contribution in [3.8, 4) is 5.75 Å². The number of amides is 2. The molecular formula is C24H32ClN3O5S. The molecule has 0 radical (unpaired) electrons. The maximum atomic E-state index is 13.5. The predicted molar refractivity (Wildman–Crippen MR) is 135 cm³/mol. The largest absolute Gasteiger partial charge is 0.497 e. The number of hydrogen-bond acceptors (Lipinski definition) is 5. The standard InChI is InChI=1S/C24H32ClN3O5S/c1-6-17(2)26-24(30)18(3)27(15-19-9-7-12-22(13-19)33-4)23(29)16-28(34(5,31)32)21-11-8-10-20(25)14-21/h7-14,17-18H,6,15-16H2,1-5H3,(H,26,30)/t17-,18+/m0/s1. The van der Waals surface area contributed by atoms with Crippen LogP contribution in [-0.2, 0) is 26.2 Å². The van der Waals surface area contributed by atoms with Gasteiger partial charge < -0.3 is 15.0 Å². The first-order valence-electron chi connectivity index (χ1n) is 10.9. The van der Waals surface area contributed by atoms with Crippen LogP contribution in [0.5, 0.6) is 5.75 Å². The number of rotatable bonds is 11. The summed E-state index contributed by atoms with van der Waals surface area (Å²) < 4.78 is 31.3. The van der Waals surface area contributed by atoms with Gasteiger partial charge in [0.2, 0.25) is 21.8 Å². The zero-order chi connectivity index (χ0) is 25.5. The fourth-order valence-electron chi connectivity index (χ4n) is 3.26. The molecule has 2 aromatic rings. The Labute approximate surface area is 206 Å². The van der Waals surface area contributed by atoms with Crippen molar-refractivity contribution in [1.29, 1.82) is 0 Å². The van der Waals surface area contributed by atoms with Gasteiger partial charge >= 0.3 is 0 Å². The third kappa shape index (κ3) is 7.63. The summed E-state index contributed by atoms with van der Waals surface area (Å²) in [6, 6.07) is 12.5. The average molecular weight is 510 g/mol. The van der Waals surface area contributed by atoms with Crippen molar-refractivity contribution in [2.45, 2.75) is 45.8 Å². The molecule has 0 fully saturated rings. The van der Waals surface area contributed by atoms with Gasteiger partial charge in [0.15, 0.2) is 0 Å². The molecule has 2 amide bonds. The number of carbonyl (C=O) groups excluding carboxylic acids is 2. The molecule has 2 atom stereocenters. The number of nitrogens with zero attached hydrogens (tertiary/aromatic N) is 2. The van der Waals surface area contributed by atoms with Crippen LogP contribution in [0.15, 0.2) is 48.5 Å². The lowest BCUT2D eigenvalue weighted by Crippen LogP contribution is -2.52. The molecule has 2 aromatic carbocycles. The van der Waals surface area contributed by atoms with Crippen molar-refractivity contribution in [2.24, 2.45) is 0 Å². The van der Waals surface area contributed by atoms with Crippen molar-refractivity contribution in [2.75, 3.05) is 24.2 Å². The molecule has 0 aliphatic carbocycles. The molecule has 0 unspecified atom stereocenters. The van der Waals surface area contributed by atoms with E-state index in [1.165, 1.54) is 11.0 Å². The number of methoxy groups -OCH3 is 1. The van der Waals surface area contributed by atoms with E-state index in [4.69, 9.17) is 16.3 Å². The fraction of sp³-hybridized carbons (Fsp3) is 0.417. The van der Waals surface area contributed by atoms with Crippen LogP contribution >= 0.6 is 11.6 Å². The van der Waals surface area contributed by atoms with Gasteiger partial charge in [-0.25, -0.2) is 8.42 Å². The molecular weight excluding hydrogens is 478 g/mol. The SMILES string of the molecule is CC[C@H](C)NC(=O)[C@@H](C)N(Cc1cccc(OC)c1)C(=O)CN(c1cccc(Cl)c1)S(C)(=O)=O. The lowest BCUT2D eigenvalue weighted by molar-refractivity contribution is -0.139. The number of benzene rings is 2. The van der Waals surface area contributed by atoms with E-state index >= 15 is 0 Å². The summed E-state index contributed by atoms with van der Waals surface area (Å²) in [5, 5.41) is 3.23. The van der Waals surface area contributed by atoms with E-state index in [1.807, 2.05) is 19.9 Å². The lowest BCUT2D eigenvalue weighted by atomic mass is 10.1. The Bertz CT molecular complexity index is 1110. The van der Waals surface area contributed by atoms with Crippen LogP contribution in [0, 0.1) is 0 Å². The quantitative estimate of drug-likeness (QED) is 0.500. The molecule has 0 heterocycles. The van der Waals surface area contributed by atoms with Crippen LogP contribution in [0.25, 0.3) is 0 Å². The molecule has 0 saturated carbocycles. The summed E-state index contributed by atoms with van der Waals surface area (Å²) in [7, 11) is -2.27. The first-order chi connectivity index (χ1) is 16.0. The topological polar surface area (TPSA) is 96.0 Å². The van der Waals surface area contributed by atoms with E-state index in [9.17, 15) is 18.0 Å². The first kappa shape index (κ1) is 27.5. The molecule has 8 nitrogen and oxygen atoms in total. The Balaban J connectivity index is 2.40. The van der Waals surface area contributed by atoms with Crippen molar-refractivity contribution >= 4 is 39.1 Å². The Morgan fingerprint density at radius 3 is 2.38 bits per heavy atom. The Hall–Kier alpha value is -2.78. The van der Waals surface area contributed by atoms with Crippen molar-refractivity contribution in [3.05, 3.63) is 59.1 Å². The van der Waals surface area contributed by atoms with Gasteiger partial charge in [0.1, 0.15) is 18.3 Å². The Kier molecular flexibility index (Phi) is 9.76. The third-order valence-corrected chi connectivity index (χ3v) is 6.81. The zero-order valence-electron chi connectivity index (χ0n) is 20.1. The Morgan fingerprint density at radius 1 is 1.12 bits per heavy atom. The highest BCUT2D eigenvalue weighted by Crippen LogP contribution is 2.23. The van der Waals surface area contributed by atoms with E-state index in [0.717, 1.165) is 22.5 Å². The second-order valence-corrected chi connectivity index (χ2v) is 10.5. The van der Waals surface area contributed by atoms with Crippen molar-refractivity contribution in [1.82, 2.24) is 10.2 Å². The van der Waals surface area contributed by atoms with Gasteiger partial charge in [-0.3, -0.25) is 13.9 Å². The molecule has 10 heteroatoms. The molecule has 0 saturated heterocycles. The summed E-state index contributed by atoms with van der Waals surface area (Å²) in [6.07, 6.45) is 1.76. The maximum absolute atomic E-state index is 13.5. The van der Waals surface area contributed by atoms with Gasteiger partial charge in [0, 0.05) is 17.6 Å². The van der Waals surface area contributed by atoms with Crippen molar-refractivity contribution < 1.29 is 22.7 Å². The van der Waals surface area contributed by atoms with Crippen LogP contribution in [0.4, 0.5) is 5.69 Å². The summed E-state index contributed by atoms with van der Waals surface area (Å²) in [5.41, 5.74) is 1.01. The zero-order valence-corrected chi connectivity index (χ0v) is 21.7. The highest BCUT2D eigenvalue weighted by Gasteiger charge is 2.30. The molecule has 0 bridgehead atoms. The summed E-state index contributed by atoms with van der Waals surface area (Å²) in [6.45, 7) is 5.06. The predicted octanol–water partition coefficient (Wildman–Crippen LogP) is 3.45. The van der Waals surface area contributed by atoms with Crippen molar-refractivity contribution in [3.63, 3.8) is 0 Å². The van der Waals surface area contributed by atoms with Crippen LogP contribution in [0.1, 0.15) is 32.8 Å². The Morgan fingerprint density at radius 2 is 1.79 bits per heavy atom. The minimum Gasteiger partial charge on any atom is -0.497 e. The fourth-order valence-corrected chi connectivity index (χ4v) is 4.29.